The van der Waals surface area contributed by atoms with Crippen molar-refractivity contribution >= 4 is 0 Å². The molecular formula is C17H31N3O. The molecule has 120 valence electrons. The van der Waals surface area contributed by atoms with Gasteiger partial charge in [-0.2, -0.15) is 5.10 Å². The number of rotatable bonds is 5. The van der Waals surface area contributed by atoms with E-state index in [-0.39, 0.29) is 12.0 Å². The van der Waals surface area contributed by atoms with Crippen LogP contribution >= 0.6 is 0 Å². The molecule has 1 aromatic rings. The second kappa shape index (κ2) is 6.47. The number of aryl methyl sites for hydroxylation is 1. The predicted octanol–water partition coefficient (Wildman–Crippen LogP) is 3.45. The lowest BCUT2D eigenvalue weighted by molar-refractivity contribution is 0.0347. The molecule has 1 saturated carbocycles. The highest BCUT2D eigenvalue weighted by molar-refractivity contribution is 4.97. The Bertz CT molecular complexity index is 439. The second-order valence-electron chi connectivity index (χ2n) is 7.87. The summed E-state index contributed by atoms with van der Waals surface area (Å²) in [5, 5.41) is 14.3. The molecule has 0 atom stereocenters. The van der Waals surface area contributed by atoms with Gasteiger partial charge in [-0.25, -0.2) is 4.98 Å². The van der Waals surface area contributed by atoms with Crippen molar-refractivity contribution in [2.75, 3.05) is 6.61 Å². The monoisotopic (exact) mass is 293 g/mol. The Hall–Kier alpha value is -0.900. The first kappa shape index (κ1) is 16.5. The molecule has 21 heavy (non-hydrogen) atoms. The maximum absolute atomic E-state index is 9.99. The highest BCUT2D eigenvalue weighted by Gasteiger charge is 2.39. The lowest BCUT2D eigenvalue weighted by atomic mass is 9.63. The summed E-state index contributed by atoms with van der Waals surface area (Å²) < 4.78 is 2.01. The summed E-state index contributed by atoms with van der Waals surface area (Å²) in [5.41, 5.74) is 0.393. The van der Waals surface area contributed by atoms with E-state index in [1.54, 1.807) is 6.33 Å². The summed E-state index contributed by atoms with van der Waals surface area (Å²) in [7, 11) is 0. The van der Waals surface area contributed by atoms with Crippen LogP contribution in [0.4, 0.5) is 0 Å². The Morgan fingerprint density at radius 1 is 1.33 bits per heavy atom. The van der Waals surface area contributed by atoms with Crippen molar-refractivity contribution in [1.82, 2.24) is 14.8 Å². The standard InChI is InChI=1S/C17H31N3O/c1-5-10-20-15(18-13-19-20)11-17(12-21)8-6-14(7-9-17)16(2,3)4/h13-14,21H,5-12H2,1-4H3. The molecule has 1 aliphatic carbocycles. The van der Waals surface area contributed by atoms with Crippen molar-refractivity contribution in [3.63, 3.8) is 0 Å². The average Bonchev–Trinajstić information content (AvgIpc) is 2.86. The Balaban J connectivity index is 2.05. The van der Waals surface area contributed by atoms with Crippen LogP contribution in [0.15, 0.2) is 6.33 Å². The Morgan fingerprint density at radius 3 is 2.52 bits per heavy atom. The maximum atomic E-state index is 9.99. The molecule has 0 spiro atoms. The summed E-state index contributed by atoms with van der Waals surface area (Å²) in [6.07, 6.45) is 8.21. The fourth-order valence-corrected chi connectivity index (χ4v) is 3.65. The number of aliphatic hydroxyl groups excluding tert-OH is 1. The van der Waals surface area contributed by atoms with Gasteiger partial charge in [0, 0.05) is 25.0 Å². The van der Waals surface area contributed by atoms with Crippen LogP contribution in [0.3, 0.4) is 0 Å². The maximum Gasteiger partial charge on any atom is 0.138 e. The topological polar surface area (TPSA) is 50.9 Å². The fraction of sp³-hybridized carbons (Fsp3) is 0.882. The zero-order chi connectivity index (χ0) is 15.5. The van der Waals surface area contributed by atoms with Gasteiger partial charge in [-0.3, -0.25) is 4.68 Å². The quantitative estimate of drug-likeness (QED) is 0.904. The van der Waals surface area contributed by atoms with E-state index in [4.69, 9.17) is 0 Å². The molecule has 0 amide bonds. The summed E-state index contributed by atoms with van der Waals surface area (Å²) in [5.74, 6) is 1.81. The first-order valence-corrected chi connectivity index (χ1v) is 8.38. The molecule has 1 aromatic heterocycles. The van der Waals surface area contributed by atoms with Gasteiger partial charge < -0.3 is 5.11 Å². The van der Waals surface area contributed by atoms with Crippen LogP contribution in [-0.2, 0) is 13.0 Å². The molecule has 1 N–H and O–H groups in total. The van der Waals surface area contributed by atoms with Crippen LogP contribution in [0.5, 0.6) is 0 Å². The van der Waals surface area contributed by atoms with Crippen LogP contribution in [0.2, 0.25) is 0 Å². The van der Waals surface area contributed by atoms with E-state index in [0.29, 0.717) is 5.41 Å². The lowest BCUT2D eigenvalue weighted by Crippen LogP contribution is -2.37. The highest BCUT2D eigenvalue weighted by Crippen LogP contribution is 2.46. The van der Waals surface area contributed by atoms with Gasteiger partial charge in [0.2, 0.25) is 0 Å². The third-order valence-corrected chi connectivity index (χ3v) is 5.27. The SMILES string of the molecule is CCCn1ncnc1CC1(CO)CCC(C(C)(C)C)CC1. The zero-order valence-electron chi connectivity index (χ0n) is 14.1. The van der Waals surface area contributed by atoms with Gasteiger partial charge in [0.25, 0.3) is 0 Å². The van der Waals surface area contributed by atoms with Gasteiger partial charge in [0.1, 0.15) is 12.2 Å². The first-order chi connectivity index (χ1) is 9.90. The zero-order valence-corrected chi connectivity index (χ0v) is 14.1. The molecule has 0 bridgehead atoms. The molecule has 2 rings (SSSR count). The van der Waals surface area contributed by atoms with E-state index in [0.717, 1.165) is 44.0 Å². The largest absolute Gasteiger partial charge is 0.396 e. The van der Waals surface area contributed by atoms with E-state index in [9.17, 15) is 5.11 Å². The van der Waals surface area contributed by atoms with E-state index < -0.39 is 0 Å². The van der Waals surface area contributed by atoms with E-state index in [1.165, 1.54) is 12.8 Å². The summed E-state index contributed by atoms with van der Waals surface area (Å²) in [6, 6.07) is 0. The highest BCUT2D eigenvalue weighted by atomic mass is 16.3. The molecule has 4 heteroatoms. The number of aliphatic hydroxyl groups is 1. The minimum absolute atomic E-state index is 0.0142. The van der Waals surface area contributed by atoms with Crippen LogP contribution in [0, 0.1) is 16.7 Å². The van der Waals surface area contributed by atoms with E-state index in [1.807, 2.05) is 4.68 Å². The summed E-state index contributed by atoms with van der Waals surface area (Å²) >= 11 is 0. The molecule has 0 aromatic carbocycles. The number of aromatic nitrogens is 3. The Labute approximate surface area is 129 Å². The Kier molecular flexibility index (Phi) is 5.07. The number of hydrogen-bond acceptors (Lipinski definition) is 3. The minimum Gasteiger partial charge on any atom is -0.396 e. The van der Waals surface area contributed by atoms with Crippen molar-refractivity contribution in [2.45, 2.75) is 72.8 Å². The molecule has 1 aliphatic rings. The van der Waals surface area contributed by atoms with Gasteiger partial charge in [-0.15, -0.1) is 0 Å². The summed E-state index contributed by atoms with van der Waals surface area (Å²) in [4.78, 5) is 4.43. The normalized spacial score (nSPS) is 27.0. The van der Waals surface area contributed by atoms with Crippen molar-refractivity contribution < 1.29 is 5.11 Å². The van der Waals surface area contributed by atoms with E-state index in [2.05, 4.69) is 37.8 Å². The van der Waals surface area contributed by atoms with Crippen LogP contribution in [-0.4, -0.2) is 26.5 Å². The third kappa shape index (κ3) is 3.85. The second-order valence-corrected chi connectivity index (χ2v) is 7.87. The van der Waals surface area contributed by atoms with Gasteiger partial charge in [0.15, 0.2) is 0 Å². The lowest BCUT2D eigenvalue weighted by Gasteiger charge is -2.43. The predicted molar refractivity (Wildman–Crippen MR) is 84.9 cm³/mol. The number of hydrogen-bond donors (Lipinski definition) is 1. The van der Waals surface area contributed by atoms with Crippen molar-refractivity contribution in [1.29, 1.82) is 0 Å². The molecule has 0 unspecified atom stereocenters. The van der Waals surface area contributed by atoms with Crippen molar-refractivity contribution in [2.24, 2.45) is 16.7 Å². The van der Waals surface area contributed by atoms with Gasteiger partial charge in [-0.05, 0) is 43.4 Å². The van der Waals surface area contributed by atoms with Crippen LogP contribution in [0.1, 0.15) is 65.6 Å². The molecule has 1 heterocycles. The smallest absolute Gasteiger partial charge is 0.138 e. The Morgan fingerprint density at radius 2 is 2.00 bits per heavy atom. The van der Waals surface area contributed by atoms with Crippen LogP contribution < -0.4 is 0 Å². The molecule has 4 nitrogen and oxygen atoms in total. The minimum atomic E-state index is 0.0142. The van der Waals surface area contributed by atoms with Crippen molar-refractivity contribution in [3.8, 4) is 0 Å². The first-order valence-electron chi connectivity index (χ1n) is 8.38. The van der Waals surface area contributed by atoms with Gasteiger partial charge in [-0.1, -0.05) is 27.7 Å². The molecule has 0 radical (unpaired) electrons. The molecule has 1 fully saturated rings. The average molecular weight is 293 g/mol. The van der Waals surface area contributed by atoms with Gasteiger partial charge >= 0.3 is 0 Å². The third-order valence-electron chi connectivity index (χ3n) is 5.27. The molecular weight excluding hydrogens is 262 g/mol. The molecule has 0 saturated heterocycles. The summed E-state index contributed by atoms with van der Waals surface area (Å²) in [6.45, 7) is 10.3. The number of nitrogens with zero attached hydrogens (tertiary/aromatic N) is 3. The van der Waals surface area contributed by atoms with Crippen molar-refractivity contribution in [3.05, 3.63) is 12.2 Å². The fourth-order valence-electron chi connectivity index (χ4n) is 3.65. The molecule has 0 aliphatic heterocycles. The van der Waals surface area contributed by atoms with Crippen LogP contribution in [0.25, 0.3) is 0 Å². The van der Waals surface area contributed by atoms with E-state index >= 15 is 0 Å². The van der Waals surface area contributed by atoms with Gasteiger partial charge in [0.05, 0.1) is 0 Å².